The highest BCUT2D eigenvalue weighted by molar-refractivity contribution is 6.34. The van der Waals surface area contributed by atoms with Gasteiger partial charge in [-0.25, -0.2) is 4.98 Å². The van der Waals surface area contributed by atoms with Crippen LogP contribution in [0.5, 0.6) is 0 Å². The zero-order valence-corrected chi connectivity index (χ0v) is 15.7. The molecule has 27 heavy (non-hydrogen) atoms. The summed E-state index contributed by atoms with van der Waals surface area (Å²) in [5.74, 6) is -0.562. The molecule has 0 atom stereocenters. The maximum absolute atomic E-state index is 13.1. The zero-order valence-electron chi connectivity index (χ0n) is 14.9. The van der Waals surface area contributed by atoms with Gasteiger partial charge in [0.25, 0.3) is 5.91 Å². The third-order valence-electron chi connectivity index (χ3n) is 4.24. The molecule has 0 spiro atoms. The largest absolute Gasteiger partial charge is 0.417 e. The Balaban J connectivity index is 2.11. The molecule has 0 aliphatic heterocycles. The fourth-order valence-corrected chi connectivity index (χ4v) is 3.36. The number of fused-ring (bicyclic) bond motifs is 1. The summed E-state index contributed by atoms with van der Waals surface area (Å²) in [5.41, 5.74) is 2.02. The SMILES string of the molecule is CCc1nc2ccc(C(F)(F)F)cn2c1C(=O)Nc1c(C)cc(C)cc1Cl. The number of nitrogens with one attached hydrogen (secondary N) is 1. The minimum absolute atomic E-state index is 0.0645. The van der Waals surface area contributed by atoms with E-state index in [4.69, 9.17) is 11.6 Å². The van der Waals surface area contributed by atoms with Crippen molar-refractivity contribution in [2.75, 3.05) is 5.32 Å². The van der Waals surface area contributed by atoms with E-state index in [0.717, 1.165) is 23.4 Å². The Hall–Kier alpha value is -2.54. The standard InChI is InChI=1S/C19H17ClF3N3O/c1-4-14-17(18(27)25-16-11(3)7-10(2)8-13(16)20)26-9-12(19(21,22)23)5-6-15(26)24-14/h5-9H,4H2,1-3H3,(H,25,27). The van der Waals surface area contributed by atoms with Crippen molar-refractivity contribution in [1.82, 2.24) is 9.38 Å². The second kappa shape index (κ2) is 6.88. The van der Waals surface area contributed by atoms with Crippen molar-refractivity contribution < 1.29 is 18.0 Å². The quantitative estimate of drug-likeness (QED) is 0.642. The van der Waals surface area contributed by atoms with Crippen LogP contribution in [0.25, 0.3) is 5.65 Å². The topological polar surface area (TPSA) is 46.4 Å². The van der Waals surface area contributed by atoms with Crippen LogP contribution in [0, 0.1) is 13.8 Å². The summed E-state index contributed by atoms with van der Waals surface area (Å²) in [5, 5.41) is 3.08. The molecule has 0 unspecified atom stereocenters. The molecular weight excluding hydrogens is 379 g/mol. The Morgan fingerprint density at radius 2 is 1.96 bits per heavy atom. The van der Waals surface area contributed by atoms with E-state index in [1.807, 2.05) is 13.0 Å². The number of benzene rings is 1. The number of imidazole rings is 1. The molecule has 0 radical (unpaired) electrons. The minimum Gasteiger partial charge on any atom is -0.319 e. The number of pyridine rings is 1. The van der Waals surface area contributed by atoms with Crippen molar-refractivity contribution >= 4 is 28.8 Å². The molecule has 2 aromatic heterocycles. The van der Waals surface area contributed by atoms with Gasteiger partial charge in [-0.15, -0.1) is 0 Å². The van der Waals surface area contributed by atoms with Crippen LogP contribution in [0.4, 0.5) is 18.9 Å². The summed E-state index contributed by atoms with van der Waals surface area (Å²) in [6.07, 6.45) is -3.23. The lowest BCUT2D eigenvalue weighted by Gasteiger charge is -2.13. The number of hydrogen-bond acceptors (Lipinski definition) is 2. The van der Waals surface area contributed by atoms with E-state index >= 15 is 0 Å². The molecule has 0 saturated heterocycles. The summed E-state index contributed by atoms with van der Waals surface area (Å²) >= 11 is 6.23. The number of amides is 1. The van der Waals surface area contributed by atoms with Crippen molar-refractivity contribution in [3.8, 4) is 0 Å². The van der Waals surface area contributed by atoms with Gasteiger partial charge in [0.05, 0.1) is 22.0 Å². The fourth-order valence-electron chi connectivity index (χ4n) is 2.99. The first kappa shape index (κ1) is 19.2. The smallest absolute Gasteiger partial charge is 0.319 e. The number of carbonyl (C=O) groups excluding carboxylic acids is 1. The normalized spacial score (nSPS) is 11.8. The van der Waals surface area contributed by atoms with E-state index in [1.165, 1.54) is 10.5 Å². The van der Waals surface area contributed by atoms with Crippen LogP contribution in [0.2, 0.25) is 5.02 Å². The zero-order chi connectivity index (χ0) is 19.9. The van der Waals surface area contributed by atoms with Crippen LogP contribution < -0.4 is 5.32 Å². The number of alkyl halides is 3. The number of halogens is 4. The highest BCUT2D eigenvalue weighted by Gasteiger charge is 2.32. The Bertz CT molecular complexity index is 1020. The van der Waals surface area contributed by atoms with Crippen LogP contribution in [-0.4, -0.2) is 15.3 Å². The van der Waals surface area contributed by atoms with Gasteiger partial charge in [0.1, 0.15) is 11.3 Å². The Morgan fingerprint density at radius 3 is 2.56 bits per heavy atom. The van der Waals surface area contributed by atoms with Crippen LogP contribution >= 0.6 is 11.6 Å². The van der Waals surface area contributed by atoms with Crippen molar-refractivity contribution in [3.05, 3.63) is 63.6 Å². The Labute approximate surface area is 159 Å². The summed E-state index contributed by atoms with van der Waals surface area (Å²) in [6, 6.07) is 5.77. The predicted molar refractivity (Wildman–Crippen MR) is 98.5 cm³/mol. The number of nitrogens with zero attached hydrogens (tertiary/aromatic N) is 2. The average molecular weight is 396 g/mol. The molecule has 1 aromatic carbocycles. The van der Waals surface area contributed by atoms with Gasteiger partial charge in [-0.3, -0.25) is 9.20 Å². The Morgan fingerprint density at radius 1 is 1.26 bits per heavy atom. The predicted octanol–water partition coefficient (Wildman–Crippen LogP) is 5.44. The molecule has 2 heterocycles. The molecule has 0 saturated carbocycles. The van der Waals surface area contributed by atoms with Crippen molar-refractivity contribution in [2.45, 2.75) is 33.4 Å². The van der Waals surface area contributed by atoms with Crippen LogP contribution in [0.3, 0.4) is 0 Å². The van der Waals surface area contributed by atoms with Gasteiger partial charge in [-0.05, 0) is 49.6 Å². The average Bonchev–Trinajstić information content (AvgIpc) is 2.94. The number of anilines is 1. The fraction of sp³-hybridized carbons (Fsp3) is 0.263. The highest BCUT2D eigenvalue weighted by Crippen LogP contribution is 2.31. The minimum atomic E-state index is -4.52. The van der Waals surface area contributed by atoms with Gasteiger partial charge in [0, 0.05) is 6.20 Å². The number of aryl methyl sites for hydroxylation is 3. The lowest BCUT2D eigenvalue weighted by Crippen LogP contribution is -2.18. The first-order valence-electron chi connectivity index (χ1n) is 8.28. The van der Waals surface area contributed by atoms with E-state index in [1.54, 1.807) is 19.9 Å². The van der Waals surface area contributed by atoms with E-state index in [-0.39, 0.29) is 11.3 Å². The van der Waals surface area contributed by atoms with Crippen molar-refractivity contribution in [3.63, 3.8) is 0 Å². The van der Waals surface area contributed by atoms with Crippen molar-refractivity contribution in [1.29, 1.82) is 0 Å². The lowest BCUT2D eigenvalue weighted by atomic mass is 10.1. The lowest BCUT2D eigenvalue weighted by molar-refractivity contribution is -0.137. The maximum Gasteiger partial charge on any atom is 0.417 e. The van der Waals surface area contributed by atoms with Gasteiger partial charge in [-0.1, -0.05) is 24.6 Å². The molecule has 0 fully saturated rings. The molecule has 142 valence electrons. The van der Waals surface area contributed by atoms with Crippen LogP contribution in [0.1, 0.15) is 39.8 Å². The summed E-state index contributed by atoms with van der Waals surface area (Å²) < 4.78 is 40.4. The van der Waals surface area contributed by atoms with Gasteiger partial charge >= 0.3 is 6.18 Å². The first-order chi connectivity index (χ1) is 12.6. The van der Waals surface area contributed by atoms with Crippen LogP contribution in [-0.2, 0) is 12.6 Å². The number of aromatic nitrogens is 2. The Kier molecular flexibility index (Phi) is 4.90. The molecule has 4 nitrogen and oxygen atoms in total. The van der Waals surface area contributed by atoms with E-state index in [9.17, 15) is 18.0 Å². The molecule has 0 bridgehead atoms. The van der Waals surface area contributed by atoms with Gasteiger partial charge in [0.2, 0.25) is 0 Å². The summed E-state index contributed by atoms with van der Waals surface area (Å²) in [6.45, 7) is 5.46. The summed E-state index contributed by atoms with van der Waals surface area (Å²) in [4.78, 5) is 17.2. The number of hydrogen-bond donors (Lipinski definition) is 1. The highest BCUT2D eigenvalue weighted by atomic mass is 35.5. The molecule has 3 rings (SSSR count). The molecule has 3 aromatic rings. The molecular formula is C19H17ClF3N3O. The third kappa shape index (κ3) is 3.64. The number of rotatable bonds is 3. The third-order valence-corrected chi connectivity index (χ3v) is 4.54. The van der Waals surface area contributed by atoms with Crippen molar-refractivity contribution in [2.24, 2.45) is 0 Å². The number of carbonyl (C=O) groups is 1. The van der Waals surface area contributed by atoms with Gasteiger partial charge < -0.3 is 5.32 Å². The molecule has 1 N–H and O–H groups in total. The van der Waals surface area contributed by atoms with E-state index in [2.05, 4.69) is 10.3 Å². The van der Waals surface area contributed by atoms with E-state index < -0.39 is 17.6 Å². The first-order valence-corrected chi connectivity index (χ1v) is 8.66. The second-order valence-corrected chi connectivity index (χ2v) is 6.70. The maximum atomic E-state index is 13.1. The molecule has 0 aliphatic rings. The van der Waals surface area contributed by atoms with Crippen LogP contribution in [0.15, 0.2) is 30.5 Å². The molecule has 8 heteroatoms. The van der Waals surface area contributed by atoms with Gasteiger partial charge in [-0.2, -0.15) is 13.2 Å². The van der Waals surface area contributed by atoms with E-state index in [0.29, 0.717) is 22.8 Å². The molecule has 1 amide bonds. The summed E-state index contributed by atoms with van der Waals surface area (Å²) in [7, 11) is 0. The molecule has 0 aliphatic carbocycles. The van der Waals surface area contributed by atoms with Gasteiger partial charge in [0.15, 0.2) is 0 Å². The monoisotopic (exact) mass is 395 g/mol. The second-order valence-electron chi connectivity index (χ2n) is 6.30.